The van der Waals surface area contributed by atoms with Gasteiger partial charge in [0, 0.05) is 37.1 Å². The van der Waals surface area contributed by atoms with Gasteiger partial charge in [-0.2, -0.15) is 10.4 Å². The van der Waals surface area contributed by atoms with Crippen molar-refractivity contribution < 1.29 is 4.79 Å². The Morgan fingerprint density at radius 1 is 1.12 bits per heavy atom. The molecule has 0 saturated carbocycles. The number of anilines is 1. The molecule has 1 amide bonds. The minimum Gasteiger partial charge on any atom is -0.308 e. The van der Waals surface area contributed by atoms with E-state index >= 15 is 0 Å². The number of nitriles is 1. The minimum atomic E-state index is -0.588. The minimum absolute atomic E-state index is 0.255. The number of nitrogens with zero attached hydrogens (tertiary/aromatic N) is 4. The largest absolute Gasteiger partial charge is 0.308 e. The number of carbonyl (C=O) groups is 1. The van der Waals surface area contributed by atoms with Gasteiger partial charge in [0.1, 0.15) is 6.04 Å². The number of halogens is 1. The maximum absolute atomic E-state index is 13.2. The van der Waals surface area contributed by atoms with Crippen molar-refractivity contribution in [2.24, 2.45) is 7.05 Å². The fourth-order valence-electron chi connectivity index (χ4n) is 3.56. The van der Waals surface area contributed by atoms with Crippen LogP contribution in [0.1, 0.15) is 22.7 Å². The molecule has 0 bridgehead atoms. The average Bonchev–Trinajstić information content (AvgIpc) is 3.30. The highest BCUT2D eigenvalue weighted by Gasteiger charge is 2.21. The summed E-state index contributed by atoms with van der Waals surface area (Å²) < 4.78 is 1.70. The molecule has 2 aromatic carbocycles. The fourth-order valence-corrected chi connectivity index (χ4v) is 3.77. The SMILES string of the molecule is Cn1cc(-c2cnc(NC(=O)[C@H](NCCc3ccc(C#N)cc3)c3ccccc3)c(Cl)c2)cn1. The van der Waals surface area contributed by atoms with Crippen molar-refractivity contribution in [3.63, 3.8) is 0 Å². The number of benzene rings is 2. The number of rotatable bonds is 8. The van der Waals surface area contributed by atoms with E-state index in [-0.39, 0.29) is 5.91 Å². The second-order valence-electron chi connectivity index (χ2n) is 7.80. The van der Waals surface area contributed by atoms with Crippen LogP contribution in [0.3, 0.4) is 0 Å². The van der Waals surface area contributed by atoms with Crippen molar-refractivity contribution in [3.05, 3.63) is 101 Å². The molecule has 170 valence electrons. The van der Waals surface area contributed by atoms with E-state index in [4.69, 9.17) is 16.9 Å². The molecule has 2 heterocycles. The van der Waals surface area contributed by atoms with Crippen LogP contribution in [0, 0.1) is 11.3 Å². The number of aryl methyl sites for hydroxylation is 1. The van der Waals surface area contributed by atoms with Crippen LogP contribution in [0.25, 0.3) is 11.1 Å². The molecule has 34 heavy (non-hydrogen) atoms. The molecule has 0 saturated heterocycles. The zero-order valence-corrected chi connectivity index (χ0v) is 19.3. The summed E-state index contributed by atoms with van der Waals surface area (Å²) in [6, 6.07) is 20.2. The average molecular weight is 471 g/mol. The Hall–Kier alpha value is -3.99. The monoisotopic (exact) mass is 470 g/mol. The molecule has 0 spiro atoms. The predicted molar refractivity (Wildman–Crippen MR) is 132 cm³/mol. The number of hydrogen-bond donors (Lipinski definition) is 2. The van der Waals surface area contributed by atoms with Crippen LogP contribution >= 0.6 is 11.6 Å². The first-order chi connectivity index (χ1) is 16.5. The highest BCUT2D eigenvalue weighted by molar-refractivity contribution is 6.33. The van der Waals surface area contributed by atoms with Crippen molar-refractivity contribution in [1.82, 2.24) is 20.1 Å². The Morgan fingerprint density at radius 2 is 1.88 bits per heavy atom. The van der Waals surface area contributed by atoms with Crippen molar-refractivity contribution >= 4 is 23.3 Å². The van der Waals surface area contributed by atoms with Gasteiger partial charge in [-0.05, 0) is 35.7 Å². The van der Waals surface area contributed by atoms with Crippen LogP contribution in [0.2, 0.25) is 5.02 Å². The molecule has 0 radical (unpaired) electrons. The fraction of sp³-hybridized carbons (Fsp3) is 0.154. The van der Waals surface area contributed by atoms with E-state index in [9.17, 15) is 4.79 Å². The number of amides is 1. The summed E-state index contributed by atoms with van der Waals surface area (Å²) >= 11 is 6.44. The molecular weight excluding hydrogens is 448 g/mol. The Bertz CT molecular complexity index is 1310. The van der Waals surface area contributed by atoms with Crippen LogP contribution in [0.5, 0.6) is 0 Å². The molecule has 2 aromatic heterocycles. The first-order valence-electron chi connectivity index (χ1n) is 10.8. The number of pyridine rings is 1. The summed E-state index contributed by atoms with van der Waals surface area (Å²) in [5, 5.41) is 19.7. The van der Waals surface area contributed by atoms with Gasteiger partial charge in [0.15, 0.2) is 5.82 Å². The van der Waals surface area contributed by atoms with Crippen LogP contribution in [-0.2, 0) is 18.3 Å². The van der Waals surface area contributed by atoms with Crippen molar-refractivity contribution in [2.75, 3.05) is 11.9 Å². The number of carbonyl (C=O) groups excluding carboxylic acids is 1. The Labute approximate surface area is 203 Å². The summed E-state index contributed by atoms with van der Waals surface area (Å²) in [6.45, 7) is 0.569. The van der Waals surface area contributed by atoms with E-state index in [1.165, 1.54) is 0 Å². The van der Waals surface area contributed by atoms with E-state index in [2.05, 4.69) is 26.8 Å². The quantitative estimate of drug-likeness (QED) is 0.394. The summed E-state index contributed by atoms with van der Waals surface area (Å²) in [5.74, 6) is 0.0451. The summed E-state index contributed by atoms with van der Waals surface area (Å²) in [7, 11) is 1.84. The topological polar surface area (TPSA) is 95.6 Å². The Morgan fingerprint density at radius 3 is 2.53 bits per heavy atom. The van der Waals surface area contributed by atoms with Gasteiger partial charge in [-0.3, -0.25) is 9.48 Å². The molecule has 0 aliphatic rings. The van der Waals surface area contributed by atoms with Gasteiger partial charge in [-0.15, -0.1) is 0 Å². The van der Waals surface area contributed by atoms with Crippen LogP contribution < -0.4 is 10.6 Å². The van der Waals surface area contributed by atoms with E-state index < -0.39 is 6.04 Å². The van der Waals surface area contributed by atoms with E-state index in [1.807, 2.05) is 55.7 Å². The highest BCUT2D eigenvalue weighted by atomic mass is 35.5. The Kier molecular flexibility index (Phi) is 7.33. The molecule has 0 aliphatic carbocycles. The van der Waals surface area contributed by atoms with Gasteiger partial charge in [-0.25, -0.2) is 4.98 Å². The van der Waals surface area contributed by atoms with E-state index in [0.29, 0.717) is 29.4 Å². The van der Waals surface area contributed by atoms with Gasteiger partial charge >= 0.3 is 0 Å². The smallest absolute Gasteiger partial charge is 0.247 e. The van der Waals surface area contributed by atoms with Gasteiger partial charge in [0.05, 0.1) is 22.9 Å². The molecule has 2 N–H and O–H groups in total. The van der Waals surface area contributed by atoms with Crippen molar-refractivity contribution in [2.45, 2.75) is 12.5 Å². The predicted octanol–water partition coefficient (Wildman–Crippen LogP) is 4.52. The molecule has 8 heteroatoms. The maximum atomic E-state index is 13.2. The van der Waals surface area contributed by atoms with Crippen molar-refractivity contribution in [3.8, 4) is 17.2 Å². The van der Waals surface area contributed by atoms with E-state index in [0.717, 1.165) is 22.3 Å². The van der Waals surface area contributed by atoms with E-state index in [1.54, 1.807) is 35.3 Å². The molecule has 0 unspecified atom stereocenters. The Balaban J connectivity index is 1.46. The summed E-state index contributed by atoms with van der Waals surface area (Å²) in [5.41, 5.74) is 4.24. The second kappa shape index (κ2) is 10.8. The molecule has 0 fully saturated rings. The highest BCUT2D eigenvalue weighted by Crippen LogP contribution is 2.27. The lowest BCUT2D eigenvalue weighted by Gasteiger charge is -2.19. The van der Waals surface area contributed by atoms with Gasteiger partial charge < -0.3 is 10.6 Å². The molecule has 4 aromatic rings. The normalized spacial score (nSPS) is 11.6. The standard InChI is InChI=1S/C26H23ClN6O/c1-33-17-22(16-31-33)21-13-23(27)25(30-15-21)32-26(34)24(20-5-3-2-4-6-20)29-12-11-18-7-9-19(14-28)10-8-18/h2-10,13,15-17,24,29H,11-12H2,1H3,(H,30,32,34)/t24-/m1/s1. The molecule has 1 atom stereocenters. The first-order valence-corrected chi connectivity index (χ1v) is 11.1. The first kappa shape index (κ1) is 23.2. The van der Waals surface area contributed by atoms with Gasteiger partial charge in [0.25, 0.3) is 0 Å². The lowest BCUT2D eigenvalue weighted by Crippen LogP contribution is -2.34. The third-order valence-corrected chi connectivity index (χ3v) is 5.65. The lowest BCUT2D eigenvalue weighted by atomic mass is 10.0. The molecule has 7 nitrogen and oxygen atoms in total. The van der Waals surface area contributed by atoms with Gasteiger partial charge in [0.2, 0.25) is 5.91 Å². The van der Waals surface area contributed by atoms with Crippen LogP contribution in [-0.4, -0.2) is 27.2 Å². The third-order valence-electron chi connectivity index (χ3n) is 5.36. The molecule has 4 rings (SSSR count). The molecule has 0 aliphatic heterocycles. The summed E-state index contributed by atoms with van der Waals surface area (Å²) in [6.07, 6.45) is 5.97. The summed E-state index contributed by atoms with van der Waals surface area (Å²) in [4.78, 5) is 17.6. The van der Waals surface area contributed by atoms with Gasteiger partial charge in [-0.1, -0.05) is 54.1 Å². The van der Waals surface area contributed by atoms with Crippen LogP contribution in [0.4, 0.5) is 5.82 Å². The maximum Gasteiger partial charge on any atom is 0.247 e. The number of hydrogen-bond acceptors (Lipinski definition) is 5. The lowest BCUT2D eigenvalue weighted by molar-refractivity contribution is -0.118. The molecular formula is C26H23ClN6O. The van der Waals surface area contributed by atoms with Crippen molar-refractivity contribution in [1.29, 1.82) is 5.26 Å². The number of aromatic nitrogens is 3. The zero-order valence-electron chi connectivity index (χ0n) is 18.6. The number of nitrogens with one attached hydrogen (secondary N) is 2. The zero-order chi connectivity index (χ0) is 23.9. The second-order valence-corrected chi connectivity index (χ2v) is 8.21. The third kappa shape index (κ3) is 5.67. The van der Waals surface area contributed by atoms with Crippen LogP contribution in [0.15, 0.2) is 79.3 Å².